The lowest BCUT2D eigenvalue weighted by atomic mass is 10.1. The summed E-state index contributed by atoms with van der Waals surface area (Å²) >= 11 is 0. The maximum absolute atomic E-state index is 9.57. The first-order valence-electron chi connectivity index (χ1n) is 13.8. The second-order valence-electron chi connectivity index (χ2n) is 10.3. The van der Waals surface area contributed by atoms with Gasteiger partial charge in [-0.2, -0.15) is 0 Å². The summed E-state index contributed by atoms with van der Waals surface area (Å²) in [6, 6.07) is 23.7. The number of nitrogens with zero attached hydrogens (tertiary/aromatic N) is 1. The minimum absolute atomic E-state index is 0.172. The molecule has 3 nitrogen and oxygen atoms in total. The molecule has 0 spiro atoms. The normalized spacial score (nSPS) is 11.8. The van der Waals surface area contributed by atoms with E-state index in [9.17, 15) is 5.11 Å². The first kappa shape index (κ1) is 28.7. The highest BCUT2D eigenvalue weighted by Crippen LogP contribution is 2.23. The molecule has 0 aliphatic carbocycles. The van der Waals surface area contributed by atoms with Gasteiger partial charge >= 0.3 is 0 Å². The van der Waals surface area contributed by atoms with E-state index < -0.39 is 0 Å². The summed E-state index contributed by atoms with van der Waals surface area (Å²) in [4.78, 5) is 2.31. The summed E-state index contributed by atoms with van der Waals surface area (Å²) in [5.74, 6) is 0.943. The van der Waals surface area contributed by atoms with Crippen LogP contribution in [0, 0.1) is 0 Å². The molecule has 3 rings (SSSR count). The molecular weight excluding hydrogens is 454 g/mol. The summed E-state index contributed by atoms with van der Waals surface area (Å²) < 4.78 is 6.04. The number of hydrogen-bond acceptors (Lipinski definition) is 3. The Morgan fingerprint density at radius 1 is 0.838 bits per heavy atom. The third kappa shape index (κ3) is 11.0. The van der Waals surface area contributed by atoms with Crippen LogP contribution < -0.4 is 4.74 Å². The van der Waals surface area contributed by atoms with Crippen molar-refractivity contribution < 1.29 is 9.84 Å². The van der Waals surface area contributed by atoms with E-state index in [0.717, 1.165) is 51.1 Å². The van der Waals surface area contributed by atoms with Crippen molar-refractivity contribution in [3.63, 3.8) is 0 Å². The molecule has 0 aromatic heterocycles. The zero-order chi connectivity index (χ0) is 26.3. The lowest BCUT2D eigenvalue weighted by Gasteiger charge is -2.20. The van der Waals surface area contributed by atoms with Crippen molar-refractivity contribution >= 4 is 10.8 Å². The largest absolute Gasteiger partial charge is 0.494 e. The smallest absolute Gasteiger partial charge is 0.119 e. The number of benzene rings is 3. The molecule has 0 radical (unpaired) electrons. The standard InChI is InChI=1S/C34H45NO2/c1-28(2)11-10-12-29(3)20-21-35(22-23-36)27-31-16-17-33-26-34(19-18-32(33)25-31)37-24-9-5-8-15-30-13-6-4-7-14-30/h4,6-7,11,13-14,16-20,25-26,36H,5,8-10,12,15,21-24,27H2,1-3H3. The molecule has 3 heteroatoms. The van der Waals surface area contributed by atoms with Crippen LogP contribution in [0.15, 0.2) is 90.0 Å². The Morgan fingerprint density at radius 3 is 2.41 bits per heavy atom. The molecule has 0 fully saturated rings. The van der Waals surface area contributed by atoms with Gasteiger partial charge in [-0.3, -0.25) is 4.90 Å². The Morgan fingerprint density at radius 2 is 1.62 bits per heavy atom. The summed E-state index contributed by atoms with van der Waals surface area (Å²) in [6.45, 7) is 9.79. The van der Waals surface area contributed by atoms with Gasteiger partial charge in [-0.15, -0.1) is 0 Å². The second-order valence-corrected chi connectivity index (χ2v) is 10.3. The predicted molar refractivity (Wildman–Crippen MR) is 158 cm³/mol. The molecule has 0 atom stereocenters. The topological polar surface area (TPSA) is 32.7 Å². The summed E-state index contributed by atoms with van der Waals surface area (Å²) in [5.41, 5.74) is 5.46. The summed E-state index contributed by atoms with van der Waals surface area (Å²) in [6.07, 6.45) is 11.4. The van der Waals surface area contributed by atoms with Crippen LogP contribution in [-0.2, 0) is 13.0 Å². The highest BCUT2D eigenvalue weighted by molar-refractivity contribution is 5.84. The van der Waals surface area contributed by atoms with E-state index in [4.69, 9.17) is 4.74 Å². The minimum Gasteiger partial charge on any atom is -0.494 e. The molecule has 0 unspecified atom stereocenters. The number of ether oxygens (including phenoxy) is 1. The van der Waals surface area contributed by atoms with Crippen LogP contribution in [0.1, 0.15) is 64.0 Å². The van der Waals surface area contributed by atoms with Gasteiger partial charge in [-0.25, -0.2) is 0 Å². The van der Waals surface area contributed by atoms with E-state index >= 15 is 0 Å². The average molecular weight is 500 g/mol. The van der Waals surface area contributed by atoms with Crippen molar-refractivity contribution in [2.75, 3.05) is 26.3 Å². The van der Waals surface area contributed by atoms with Crippen LogP contribution in [0.5, 0.6) is 5.75 Å². The van der Waals surface area contributed by atoms with Gasteiger partial charge in [0.05, 0.1) is 13.2 Å². The van der Waals surface area contributed by atoms with Crippen molar-refractivity contribution in [1.29, 1.82) is 0 Å². The number of aliphatic hydroxyl groups excluding tert-OH is 1. The average Bonchev–Trinajstić information content (AvgIpc) is 2.90. The van der Waals surface area contributed by atoms with E-state index in [0.29, 0.717) is 6.54 Å². The fourth-order valence-corrected chi connectivity index (χ4v) is 4.51. The molecule has 0 aliphatic rings. The lowest BCUT2D eigenvalue weighted by molar-refractivity contribution is 0.203. The second kappa shape index (κ2) is 16.1. The zero-order valence-corrected chi connectivity index (χ0v) is 23.1. The molecule has 1 N–H and O–H groups in total. The number of rotatable bonds is 16. The predicted octanol–water partition coefficient (Wildman–Crippen LogP) is 8.12. The van der Waals surface area contributed by atoms with E-state index in [1.807, 2.05) is 0 Å². The zero-order valence-electron chi connectivity index (χ0n) is 23.1. The van der Waals surface area contributed by atoms with Crippen LogP contribution in [0.2, 0.25) is 0 Å². The van der Waals surface area contributed by atoms with Crippen LogP contribution in [-0.4, -0.2) is 36.3 Å². The van der Waals surface area contributed by atoms with Gasteiger partial charge in [0.25, 0.3) is 0 Å². The monoisotopic (exact) mass is 499 g/mol. The Labute approximate surface area is 224 Å². The molecule has 3 aromatic rings. The molecule has 0 aliphatic heterocycles. The van der Waals surface area contributed by atoms with Gasteiger partial charge in [0.15, 0.2) is 0 Å². The first-order valence-corrected chi connectivity index (χ1v) is 13.8. The number of aliphatic hydroxyl groups is 1. The highest BCUT2D eigenvalue weighted by atomic mass is 16.5. The molecule has 0 saturated carbocycles. The fraction of sp³-hybridized carbons (Fsp3) is 0.412. The number of hydrogen-bond donors (Lipinski definition) is 1. The molecule has 0 saturated heterocycles. The van der Waals surface area contributed by atoms with Gasteiger partial charge in [0, 0.05) is 19.6 Å². The van der Waals surface area contributed by atoms with Crippen LogP contribution in [0.3, 0.4) is 0 Å². The van der Waals surface area contributed by atoms with Crippen LogP contribution in [0.4, 0.5) is 0 Å². The van der Waals surface area contributed by atoms with Gasteiger partial charge < -0.3 is 9.84 Å². The van der Waals surface area contributed by atoms with Crippen LogP contribution in [0.25, 0.3) is 10.8 Å². The van der Waals surface area contributed by atoms with Gasteiger partial charge in [0.2, 0.25) is 0 Å². The number of aryl methyl sites for hydroxylation is 1. The molecule has 0 amide bonds. The Kier molecular flexibility index (Phi) is 12.5. The first-order chi connectivity index (χ1) is 18.0. The Hall–Kier alpha value is -2.88. The van der Waals surface area contributed by atoms with E-state index in [1.165, 1.54) is 45.9 Å². The molecule has 3 aromatic carbocycles. The maximum Gasteiger partial charge on any atom is 0.119 e. The van der Waals surface area contributed by atoms with Gasteiger partial charge in [0.1, 0.15) is 5.75 Å². The van der Waals surface area contributed by atoms with Gasteiger partial charge in [-0.1, -0.05) is 71.8 Å². The van der Waals surface area contributed by atoms with Crippen LogP contribution >= 0.6 is 0 Å². The maximum atomic E-state index is 9.57. The Balaban J connectivity index is 1.47. The number of unbranched alkanes of at least 4 members (excludes halogenated alkanes) is 2. The fourth-order valence-electron chi connectivity index (χ4n) is 4.51. The van der Waals surface area contributed by atoms with Crippen molar-refractivity contribution in [3.05, 3.63) is 101 Å². The molecule has 198 valence electrons. The number of fused-ring (bicyclic) bond motifs is 1. The van der Waals surface area contributed by atoms with Crippen molar-refractivity contribution in [1.82, 2.24) is 4.90 Å². The van der Waals surface area contributed by atoms with Crippen molar-refractivity contribution in [2.45, 2.75) is 65.8 Å². The molecule has 0 bridgehead atoms. The third-order valence-electron chi connectivity index (χ3n) is 6.71. The quantitative estimate of drug-likeness (QED) is 0.160. The van der Waals surface area contributed by atoms with Gasteiger partial charge in [-0.05, 0) is 99.4 Å². The Bertz CT molecular complexity index is 1130. The van der Waals surface area contributed by atoms with Crippen molar-refractivity contribution in [2.24, 2.45) is 0 Å². The van der Waals surface area contributed by atoms with E-state index in [2.05, 4.69) is 105 Å². The number of allylic oxidation sites excluding steroid dienone is 3. The minimum atomic E-state index is 0.172. The molecular formula is C34H45NO2. The molecule has 37 heavy (non-hydrogen) atoms. The molecule has 0 heterocycles. The third-order valence-corrected chi connectivity index (χ3v) is 6.71. The highest BCUT2D eigenvalue weighted by Gasteiger charge is 2.06. The van der Waals surface area contributed by atoms with Crippen molar-refractivity contribution in [3.8, 4) is 5.75 Å². The SMILES string of the molecule is CC(C)=CCCC(C)=CCN(CCO)Cc1ccc2cc(OCCCCCc3ccccc3)ccc2c1. The lowest BCUT2D eigenvalue weighted by Crippen LogP contribution is -2.26. The van der Waals surface area contributed by atoms with E-state index in [-0.39, 0.29) is 6.61 Å². The van der Waals surface area contributed by atoms with E-state index in [1.54, 1.807) is 0 Å². The summed E-state index contributed by atoms with van der Waals surface area (Å²) in [5, 5.41) is 12.0. The summed E-state index contributed by atoms with van der Waals surface area (Å²) in [7, 11) is 0.